The summed E-state index contributed by atoms with van der Waals surface area (Å²) in [5.74, 6) is 1.66. The maximum Gasteiger partial charge on any atom is 0.228 e. The fourth-order valence-electron chi connectivity index (χ4n) is 5.41. The molecule has 0 spiro atoms. The Hall–Kier alpha value is -2.63. The van der Waals surface area contributed by atoms with Crippen molar-refractivity contribution in [2.75, 3.05) is 7.11 Å². The van der Waals surface area contributed by atoms with Crippen LogP contribution in [-0.4, -0.2) is 24.1 Å². The molecule has 0 bridgehead atoms. The van der Waals surface area contributed by atoms with Crippen LogP contribution in [-0.2, 0) is 16.8 Å². The Morgan fingerprint density at radius 3 is 2.57 bits per heavy atom. The molecule has 1 saturated heterocycles. The molecule has 1 saturated carbocycles. The highest BCUT2D eigenvalue weighted by atomic mass is 32.1. The predicted molar refractivity (Wildman–Crippen MR) is 143 cm³/mol. The van der Waals surface area contributed by atoms with Crippen LogP contribution in [0.1, 0.15) is 73.6 Å². The van der Waals surface area contributed by atoms with Gasteiger partial charge in [-0.25, -0.2) is 0 Å². The van der Waals surface area contributed by atoms with Crippen LogP contribution in [0.5, 0.6) is 5.75 Å². The van der Waals surface area contributed by atoms with Gasteiger partial charge in [0.05, 0.1) is 19.3 Å². The van der Waals surface area contributed by atoms with Crippen molar-refractivity contribution in [3.63, 3.8) is 0 Å². The van der Waals surface area contributed by atoms with Crippen LogP contribution in [0.15, 0.2) is 66.0 Å². The van der Waals surface area contributed by atoms with Crippen LogP contribution in [0, 0.1) is 5.92 Å². The van der Waals surface area contributed by atoms with E-state index in [0.29, 0.717) is 18.4 Å². The fourth-order valence-corrected chi connectivity index (χ4v) is 6.31. The molecule has 1 amide bonds. The maximum atomic E-state index is 13.9. The highest BCUT2D eigenvalue weighted by molar-refractivity contribution is 7.10. The number of hydrogen-bond donors (Lipinski definition) is 1. The molecule has 2 fully saturated rings. The third kappa shape index (κ3) is 5.03. The average molecular weight is 489 g/mol. The van der Waals surface area contributed by atoms with Crippen molar-refractivity contribution in [2.45, 2.75) is 70.1 Å². The predicted octanol–water partition coefficient (Wildman–Crippen LogP) is 6.64. The minimum absolute atomic E-state index is 0.0142. The van der Waals surface area contributed by atoms with E-state index < -0.39 is 0 Å². The summed E-state index contributed by atoms with van der Waals surface area (Å²) < 4.78 is 5.68. The highest BCUT2D eigenvalue weighted by Gasteiger charge is 2.50. The quantitative estimate of drug-likeness (QED) is 0.405. The number of nitrogens with one attached hydrogen (secondary N) is 1. The van der Waals surface area contributed by atoms with Gasteiger partial charge >= 0.3 is 0 Å². The Balaban J connectivity index is 1.37. The van der Waals surface area contributed by atoms with E-state index in [1.807, 2.05) is 6.07 Å². The smallest absolute Gasteiger partial charge is 0.228 e. The van der Waals surface area contributed by atoms with Gasteiger partial charge in [-0.15, -0.1) is 11.3 Å². The van der Waals surface area contributed by atoms with Crippen molar-refractivity contribution in [3.8, 4) is 5.75 Å². The number of benzene rings is 2. The van der Waals surface area contributed by atoms with E-state index in [9.17, 15) is 4.79 Å². The summed E-state index contributed by atoms with van der Waals surface area (Å²) in [6, 6.07) is 21.4. The zero-order valence-corrected chi connectivity index (χ0v) is 22.0. The van der Waals surface area contributed by atoms with E-state index in [0.717, 1.165) is 30.6 Å². The van der Waals surface area contributed by atoms with Crippen molar-refractivity contribution in [3.05, 3.63) is 87.6 Å². The molecule has 35 heavy (non-hydrogen) atoms. The molecule has 2 aliphatic rings. The van der Waals surface area contributed by atoms with Gasteiger partial charge in [0.2, 0.25) is 5.91 Å². The van der Waals surface area contributed by atoms with Crippen LogP contribution >= 0.6 is 11.3 Å². The molecule has 3 aromatic rings. The SMILES string of the molecule is COc1ccc(C(C)(C)C)cc1CNC1CCC(c2ccccc2)N1C(=O)C1CC1c1cccs1. The van der Waals surface area contributed by atoms with Crippen LogP contribution in [0.2, 0.25) is 0 Å². The zero-order chi connectivity index (χ0) is 24.6. The summed E-state index contributed by atoms with van der Waals surface area (Å²) in [7, 11) is 1.73. The number of carbonyl (C=O) groups excluding carboxylic acids is 1. The van der Waals surface area contributed by atoms with Crippen molar-refractivity contribution >= 4 is 17.2 Å². The molecule has 5 rings (SSSR count). The van der Waals surface area contributed by atoms with E-state index >= 15 is 0 Å². The number of likely N-dealkylation sites (tertiary alicyclic amines) is 1. The van der Waals surface area contributed by atoms with Crippen LogP contribution in [0.4, 0.5) is 0 Å². The molecule has 2 heterocycles. The molecule has 0 radical (unpaired) electrons. The van der Waals surface area contributed by atoms with Crippen molar-refractivity contribution < 1.29 is 9.53 Å². The summed E-state index contributed by atoms with van der Waals surface area (Å²) >= 11 is 1.77. The molecular weight excluding hydrogens is 452 g/mol. The number of ether oxygens (including phenoxy) is 1. The Morgan fingerprint density at radius 1 is 1.09 bits per heavy atom. The number of nitrogens with zero attached hydrogens (tertiary/aromatic N) is 1. The minimum Gasteiger partial charge on any atom is -0.496 e. The standard InChI is InChI=1S/C30H36N2O2S/c1-30(2,3)22-12-14-26(34-4)21(17-22)19-31-28-15-13-25(20-9-6-5-7-10-20)32(28)29(33)24-18-23(24)27-11-8-16-35-27/h5-12,14,16-17,23-25,28,31H,13,15,18-19H2,1-4H3. The first-order valence-corrected chi connectivity index (χ1v) is 13.6. The van der Waals surface area contributed by atoms with E-state index in [2.05, 4.69) is 91.0 Å². The Labute approximate surface area is 213 Å². The normalized spacial score (nSPS) is 23.9. The van der Waals surface area contributed by atoms with Crippen molar-refractivity contribution in [2.24, 2.45) is 5.92 Å². The first-order valence-electron chi connectivity index (χ1n) is 12.7. The topological polar surface area (TPSA) is 41.6 Å². The van der Waals surface area contributed by atoms with Crippen molar-refractivity contribution in [1.29, 1.82) is 0 Å². The molecular formula is C30H36N2O2S. The van der Waals surface area contributed by atoms with Crippen molar-refractivity contribution in [1.82, 2.24) is 10.2 Å². The zero-order valence-electron chi connectivity index (χ0n) is 21.2. The van der Waals surface area contributed by atoms with Gasteiger partial charge in [-0.2, -0.15) is 0 Å². The van der Waals surface area contributed by atoms with E-state index in [-0.39, 0.29) is 23.5 Å². The number of rotatable bonds is 7. The molecule has 1 N–H and O–H groups in total. The second-order valence-corrected chi connectivity index (χ2v) is 11.9. The van der Waals surface area contributed by atoms with Gasteiger partial charge in [-0.3, -0.25) is 10.1 Å². The third-order valence-electron chi connectivity index (χ3n) is 7.51. The first kappa shape index (κ1) is 24.1. The summed E-state index contributed by atoms with van der Waals surface area (Å²) in [6.45, 7) is 7.36. The van der Waals surface area contributed by atoms with Crippen LogP contribution in [0.3, 0.4) is 0 Å². The average Bonchev–Trinajstić information content (AvgIpc) is 3.26. The lowest BCUT2D eigenvalue weighted by Crippen LogP contribution is -2.46. The second kappa shape index (κ2) is 9.79. The number of hydrogen-bond acceptors (Lipinski definition) is 4. The van der Waals surface area contributed by atoms with E-state index in [4.69, 9.17) is 4.74 Å². The maximum absolute atomic E-state index is 13.9. The van der Waals surface area contributed by atoms with Gasteiger partial charge in [0.1, 0.15) is 5.75 Å². The molecule has 184 valence electrons. The Kier molecular flexibility index (Phi) is 6.73. The monoisotopic (exact) mass is 488 g/mol. The number of thiophene rings is 1. The molecule has 1 aliphatic carbocycles. The second-order valence-electron chi connectivity index (χ2n) is 10.9. The Morgan fingerprint density at radius 2 is 1.89 bits per heavy atom. The largest absolute Gasteiger partial charge is 0.496 e. The number of methoxy groups -OCH3 is 1. The first-order chi connectivity index (χ1) is 16.9. The van der Waals surface area contributed by atoms with Gasteiger partial charge in [-0.1, -0.05) is 69.3 Å². The molecule has 1 aliphatic heterocycles. The summed E-state index contributed by atoms with van der Waals surface area (Å²) in [5.41, 5.74) is 3.72. The van der Waals surface area contributed by atoms with Gasteiger partial charge in [0.15, 0.2) is 0 Å². The summed E-state index contributed by atoms with van der Waals surface area (Å²) in [4.78, 5) is 17.4. The molecule has 2 aromatic carbocycles. The molecule has 5 heteroatoms. The third-order valence-corrected chi connectivity index (χ3v) is 8.52. The lowest BCUT2D eigenvalue weighted by molar-refractivity contribution is -0.136. The summed E-state index contributed by atoms with van der Waals surface area (Å²) in [5, 5.41) is 5.85. The number of amides is 1. The van der Waals surface area contributed by atoms with E-state index in [1.165, 1.54) is 16.0 Å². The lowest BCUT2D eigenvalue weighted by Gasteiger charge is -2.32. The summed E-state index contributed by atoms with van der Waals surface area (Å²) in [6.07, 6.45) is 2.90. The molecule has 4 nitrogen and oxygen atoms in total. The highest BCUT2D eigenvalue weighted by Crippen LogP contribution is 2.52. The molecule has 1 aromatic heterocycles. The van der Waals surface area contributed by atoms with Gasteiger partial charge < -0.3 is 9.64 Å². The van der Waals surface area contributed by atoms with Gasteiger partial charge in [0, 0.05) is 28.8 Å². The molecule has 4 unspecified atom stereocenters. The minimum atomic E-state index is 0.0142. The van der Waals surface area contributed by atoms with Gasteiger partial charge in [-0.05, 0) is 53.3 Å². The molecule has 4 atom stereocenters. The Bertz CT molecular complexity index is 1150. The van der Waals surface area contributed by atoms with Gasteiger partial charge in [0.25, 0.3) is 0 Å². The van der Waals surface area contributed by atoms with Crippen LogP contribution in [0.25, 0.3) is 0 Å². The number of carbonyl (C=O) groups is 1. The van der Waals surface area contributed by atoms with Crippen LogP contribution < -0.4 is 10.1 Å². The van der Waals surface area contributed by atoms with E-state index in [1.54, 1.807) is 18.4 Å². The lowest BCUT2D eigenvalue weighted by atomic mass is 9.86. The fraction of sp³-hybridized carbons (Fsp3) is 0.433.